The van der Waals surface area contributed by atoms with Gasteiger partial charge in [0.1, 0.15) is 5.75 Å². The maximum atomic E-state index is 12.6. The molecule has 1 aliphatic heterocycles. The van der Waals surface area contributed by atoms with E-state index in [1.165, 1.54) is 6.21 Å². The van der Waals surface area contributed by atoms with E-state index in [4.69, 9.17) is 4.74 Å². The summed E-state index contributed by atoms with van der Waals surface area (Å²) in [6, 6.07) is 6.32. The molecule has 0 bridgehead atoms. The van der Waals surface area contributed by atoms with Crippen molar-refractivity contribution >= 4 is 24.1 Å². The minimum absolute atomic E-state index is 0.0751. The van der Waals surface area contributed by atoms with Crippen molar-refractivity contribution in [3.63, 3.8) is 0 Å². The summed E-state index contributed by atoms with van der Waals surface area (Å²) < 4.78 is 5.10. The molecule has 1 aliphatic rings. The Labute approximate surface area is 159 Å². The Hall–Kier alpha value is -2.74. The Morgan fingerprint density at radius 2 is 1.85 bits per heavy atom. The molecule has 1 atom stereocenters. The lowest BCUT2D eigenvalue weighted by atomic mass is 10.1. The Kier molecular flexibility index (Phi) is 7.48. The van der Waals surface area contributed by atoms with Gasteiger partial charge in [0, 0.05) is 12.8 Å². The average molecular weight is 374 g/mol. The zero-order valence-corrected chi connectivity index (χ0v) is 16.0. The van der Waals surface area contributed by atoms with E-state index >= 15 is 0 Å². The first-order valence-corrected chi connectivity index (χ1v) is 9.01. The van der Waals surface area contributed by atoms with Gasteiger partial charge in [0.15, 0.2) is 5.92 Å². The maximum Gasteiger partial charge on any atom is 0.331 e. The Morgan fingerprint density at radius 1 is 1.19 bits per heavy atom. The lowest BCUT2D eigenvalue weighted by Crippen LogP contribution is -2.57. The van der Waals surface area contributed by atoms with Gasteiger partial charge in [0.25, 0.3) is 0 Å². The third-order valence-corrected chi connectivity index (χ3v) is 4.48. The van der Waals surface area contributed by atoms with Crippen LogP contribution in [-0.2, 0) is 16.1 Å². The van der Waals surface area contributed by atoms with E-state index in [1.807, 2.05) is 0 Å². The Morgan fingerprint density at radius 3 is 2.44 bits per heavy atom. The molecule has 0 aliphatic carbocycles. The van der Waals surface area contributed by atoms with Gasteiger partial charge in [-0.3, -0.25) is 24.8 Å². The quantitative estimate of drug-likeness (QED) is 0.520. The third-order valence-electron chi connectivity index (χ3n) is 4.48. The minimum atomic E-state index is -1.09. The van der Waals surface area contributed by atoms with Gasteiger partial charge in [0.05, 0.1) is 20.2 Å². The Bertz CT molecular complexity index is 698. The molecule has 1 aromatic carbocycles. The number of nitrogens with one attached hydrogen (secondary N) is 1. The number of carbonyl (C=O) groups excluding carboxylic acids is 3. The molecule has 8 nitrogen and oxygen atoms in total. The molecular weight excluding hydrogens is 348 g/mol. The van der Waals surface area contributed by atoms with Crippen LogP contribution in [0.15, 0.2) is 29.3 Å². The number of hydrogen-bond acceptors (Lipinski definition) is 6. The fourth-order valence-corrected chi connectivity index (χ4v) is 2.74. The summed E-state index contributed by atoms with van der Waals surface area (Å²) in [7, 11) is 1.56. The van der Waals surface area contributed by atoms with Crippen molar-refractivity contribution in [3.05, 3.63) is 29.8 Å². The van der Waals surface area contributed by atoms with Crippen LogP contribution in [0.5, 0.6) is 5.75 Å². The highest BCUT2D eigenvalue weighted by Gasteiger charge is 2.39. The van der Waals surface area contributed by atoms with Gasteiger partial charge in [0.2, 0.25) is 11.8 Å². The first-order valence-electron chi connectivity index (χ1n) is 9.01. The molecule has 1 fully saturated rings. The lowest BCUT2D eigenvalue weighted by molar-refractivity contribution is -0.139. The first kappa shape index (κ1) is 20.6. The predicted molar refractivity (Wildman–Crippen MR) is 102 cm³/mol. The van der Waals surface area contributed by atoms with Crippen molar-refractivity contribution in [2.24, 2.45) is 10.9 Å². The standard InChI is InChI=1S/C19H26N4O4/c1-4-22(5-2)11-10-20-12-16-17(24)21-19(26)23(18(16)25)13-14-6-8-15(27-3)9-7-14/h6-9,12,16H,4-5,10-11,13H2,1-3H3,(H,21,24,26). The predicted octanol–water partition coefficient (Wildman–Crippen LogP) is 1.30. The number of carbonyl (C=O) groups is 3. The normalized spacial score (nSPS) is 17.7. The van der Waals surface area contributed by atoms with Gasteiger partial charge in [-0.15, -0.1) is 0 Å². The molecule has 8 heteroatoms. The molecule has 1 saturated heterocycles. The molecular formula is C19H26N4O4. The number of aliphatic imine (C=N–C) groups is 1. The molecule has 0 aromatic heterocycles. The van der Waals surface area contributed by atoms with Gasteiger partial charge in [-0.25, -0.2) is 4.79 Å². The second-order valence-corrected chi connectivity index (χ2v) is 6.13. The number of rotatable bonds is 9. The zero-order chi connectivity index (χ0) is 19.8. The van der Waals surface area contributed by atoms with Crippen LogP contribution in [0.3, 0.4) is 0 Å². The van der Waals surface area contributed by atoms with E-state index in [0.29, 0.717) is 12.3 Å². The second kappa shape index (κ2) is 9.82. The number of imide groups is 2. The van der Waals surface area contributed by atoms with Crippen LogP contribution >= 0.6 is 0 Å². The summed E-state index contributed by atoms with van der Waals surface area (Å²) in [6.45, 7) is 7.28. The SMILES string of the molecule is CCN(CC)CCN=CC1C(=O)NC(=O)N(Cc2ccc(OC)cc2)C1=O. The van der Waals surface area contributed by atoms with Gasteiger partial charge in [-0.05, 0) is 30.8 Å². The molecule has 2 rings (SSSR count). The number of barbiturate groups is 1. The number of methoxy groups -OCH3 is 1. The Balaban J connectivity index is 2.03. The topological polar surface area (TPSA) is 91.3 Å². The number of ether oxygens (including phenoxy) is 1. The largest absolute Gasteiger partial charge is 0.497 e. The molecule has 0 spiro atoms. The number of nitrogens with zero attached hydrogens (tertiary/aromatic N) is 3. The van der Waals surface area contributed by atoms with Crippen molar-refractivity contribution < 1.29 is 19.1 Å². The van der Waals surface area contributed by atoms with Gasteiger partial charge >= 0.3 is 6.03 Å². The summed E-state index contributed by atoms with van der Waals surface area (Å²) in [5.41, 5.74) is 0.755. The summed E-state index contributed by atoms with van der Waals surface area (Å²) in [5, 5.41) is 2.23. The van der Waals surface area contributed by atoms with Crippen LogP contribution in [0.1, 0.15) is 19.4 Å². The highest BCUT2D eigenvalue weighted by atomic mass is 16.5. The van der Waals surface area contributed by atoms with Crippen molar-refractivity contribution in [2.45, 2.75) is 20.4 Å². The number of benzene rings is 1. The summed E-state index contributed by atoms with van der Waals surface area (Å²) in [4.78, 5) is 44.2. The highest BCUT2D eigenvalue weighted by Crippen LogP contribution is 2.16. The van der Waals surface area contributed by atoms with E-state index in [1.54, 1.807) is 31.4 Å². The second-order valence-electron chi connectivity index (χ2n) is 6.13. The number of urea groups is 1. The maximum absolute atomic E-state index is 12.6. The van der Waals surface area contributed by atoms with E-state index in [2.05, 4.69) is 29.1 Å². The molecule has 27 heavy (non-hydrogen) atoms. The van der Waals surface area contributed by atoms with Crippen molar-refractivity contribution in [3.8, 4) is 5.75 Å². The molecule has 4 amide bonds. The van der Waals surface area contributed by atoms with E-state index < -0.39 is 23.8 Å². The lowest BCUT2D eigenvalue weighted by Gasteiger charge is -2.28. The minimum Gasteiger partial charge on any atom is -0.497 e. The highest BCUT2D eigenvalue weighted by molar-refractivity contribution is 6.23. The van der Waals surface area contributed by atoms with Crippen LogP contribution in [0.4, 0.5) is 4.79 Å². The van der Waals surface area contributed by atoms with Crippen molar-refractivity contribution in [2.75, 3.05) is 33.3 Å². The molecule has 1 aromatic rings. The van der Waals surface area contributed by atoms with E-state index in [-0.39, 0.29) is 6.54 Å². The zero-order valence-electron chi connectivity index (χ0n) is 16.0. The molecule has 1 heterocycles. The fraction of sp³-hybridized carbons (Fsp3) is 0.474. The van der Waals surface area contributed by atoms with Crippen LogP contribution < -0.4 is 10.1 Å². The summed E-state index contributed by atoms with van der Waals surface area (Å²) in [6.07, 6.45) is 1.34. The van der Waals surface area contributed by atoms with Crippen molar-refractivity contribution in [1.29, 1.82) is 0 Å². The summed E-state index contributed by atoms with van der Waals surface area (Å²) in [5.74, 6) is -1.60. The van der Waals surface area contributed by atoms with Crippen LogP contribution in [-0.4, -0.2) is 67.1 Å². The van der Waals surface area contributed by atoms with E-state index in [9.17, 15) is 14.4 Å². The molecule has 0 saturated carbocycles. The fourth-order valence-electron chi connectivity index (χ4n) is 2.74. The molecule has 146 valence electrons. The van der Waals surface area contributed by atoms with Gasteiger partial charge in [-0.1, -0.05) is 26.0 Å². The molecule has 0 radical (unpaired) electrons. The monoisotopic (exact) mass is 374 g/mol. The first-order chi connectivity index (χ1) is 13.0. The third kappa shape index (κ3) is 5.37. The van der Waals surface area contributed by atoms with Gasteiger partial charge in [-0.2, -0.15) is 0 Å². The van der Waals surface area contributed by atoms with Crippen LogP contribution in [0, 0.1) is 5.92 Å². The number of likely N-dealkylation sites (N-methyl/N-ethyl adjacent to an activating group) is 1. The average Bonchev–Trinajstić information content (AvgIpc) is 2.67. The molecule has 1 unspecified atom stereocenters. The summed E-state index contributed by atoms with van der Waals surface area (Å²) >= 11 is 0. The number of hydrogen-bond donors (Lipinski definition) is 1. The number of amides is 4. The van der Waals surface area contributed by atoms with Gasteiger partial charge < -0.3 is 9.64 Å². The van der Waals surface area contributed by atoms with Crippen LogP contribution in [0.25, 0.3) is 0 Å². The van der Waals surface area contributed by atoms with Crippen molar-refractivity contribution in [1.82, 2.24) is 15.1 Å². The van der Waals surface area contributed by atoms with Crippen LogP contribution in [0.2, 0.25) is 0 Å². The molecule has 1 N–H and O–H groups in total. The van der Waals surface area contributed by atoms with E-state index in [0.717, 1.165) is 30.1 Å². The smallest absolute Gasteiger partial charge is 0.331 e.